The molecule has 3 rings (SSSR count). The van der Waals surface area contributed by atoms with Crippen molar-refractivity contribution in [2.45, 2.75) is 32.4 Å². The topological polar surface area (TPSA) is 72.4 Å². The number of carbonyl (C=O) groups is 1. The number of nitrogen functional groups attached to an aromatic ring is 1. The fourth-order valence-corrected chi connectivity index (χ4v) is 2.27. The molecule has 104 valence electrons. The highest BCUT2D eigenvalue weighted by Crippen LogP contribution is 2.31. The molecule has 1 saturated carbocycles. The van der Waals surface area contributed by atoms with Crippen molar-refractivity contribution < 1.29 is 9.32 Å². The van der Waals surface area contributed by atoms with Gasteiger partial charge in [0.2, 0.25) is 0 Å². The smallest absolute Gasteiger partial charge is 0.259 e. The number of carbonyl (C=O) groups excluding carboxylic acids is 1. The van der Waals surface area contributed by atoms with Gasteiger partial charge < -0.3 is 15.2 Å². The number of amides is 1. The third-order valence-electron chi connectivity index (χ3n) is 3.63. The number of nitrogens with two attached hydrogens (primary N) is 1. The van der Waals surface area contributed by atoms with Crippen molar-refractivity contribution in [1.29, 1.82) is 0 Å². The van der Waals surface area contributed by atoms with Crippen LogP contribution in [-0.2, 0) is 6.54 Å². The van der Waals surface area contributed by atoms with Gasteiger partial charge in [-0.05, 0) is 31.4 Å². The summed E-state index contributed by atoms with van der Waals surface area (Å²) in [4.78, 5) is 14.5. The van der Waals surface area contributed by atoms with Gasteiger partial charge in [-0.2, -0.15) is 0 Å². The standard InChI is InChI=1S/C15H17N3O2/c1-10-13(8-17-20-10)15(19)18(12-6-7-12)9-11-4-2-3-5-14(11)16/h2-5,8,12H,6-7,9,16H2,1H3. The molecule has 1 aromatic carbocycles. The van der Waals surface area contributed by atoms with E-state index in [1.807, 2.05) is 29.2 Å². The van der Waals surface area contributed by atoms with Gasteiger partial charge in [-0.1, -0.05) is 23.4 Å². The molecule has 1 aliphatic carbocycles. The van der Waals surface area contributed by atoms with E-state index in [0.717, 1.165) is 18.4 Å². The van der Waals surface area contributed by atoms with Crippen LogP contribution >= 0.6 is 0 Å². The number of hydrogen-bond donors (Lipinski definition) is 1. The first kappa shape index (κ1) is 12.7. The zero-order valence-electron chi connectivity index (χ0n) is 11.4. The van der Waals surface area contributed by atoms with Crippen LogP contribution in [0.5, 0.6) is 0 Å². The lowest BCUT2D eigenvalue weighted by molar-refractivity contribution is 0.0728. The Labute approximate surface area is 117 Å². The highest BCUT2D eigenvalue weighted by atomic mass is 16.5. The lowest BCUT2D eigenvalue weighted by atomic mass is 10.1. The van der Waals surface area contributed by atoms with Crippen molar-refractivity contribution in [3.63, 3.8) is 0 Å². The monoisotopic (exact) mass is 271 g/mol. The fourth-order valence-electron chi connectivity index (χ4n) is 2.27. The molecule has 2 aromatic rings. The van der Waals surface area contributed by atoms with Gasteiger partial charge >= 0.3 is 0 Å². The summed E-state index contributed by atoms with van der Waals surface area (Å²) in [5, 5.41) is 3.68. The number of aromatic nitrogens is 1. The summed E-state index contributed by atoms with van der Waals surface area (Å²) in [6, 6.07) is 7.95. The Bertz CT molecular complexity index is 632. The van der Waals surface area contributed by atoms with Crippen molar-refractivity contribution in [2.75, 3.05) is 5.73 Å². The fraction of sp³-hybridized carbons (Fsp3) is 0.333. The van der Waals surface area contributed by atoms with Gasteiger partial charge in [0.1, 0.15) is 11.3 Å². The predicted octanol–water partition coefficient (Wildman–Crippen LogP) is 2.37. The van der Waals surface area contributed by atoms with Crippen LogP contribution < -0.4 is 5.73 Å². The molecule has 0 saturated heterocycles. The Kier molecular flexibility index (Phi) is 3.18. The Morgan fingerprint density at radius 2 is 2.20 bits per heavy atom. The van der Waals surface area contributed by atoms with Crippen LogP contribution in [-0.4, -0.2) is 22.0 Å². The second kappa shape index (κ2) is 5.00. The van der Waals surface area contributed by atoms with Crippen LogP contribution in [0.15, 0.2) is 35.0 Å². The highest BCUT2D eigenvalue weighted by Gasteiger charge is 2.34. The van der Waals surface area contributed by atoms with E-state index in [2.05, 4.69) is 5.16 Å². The van der Waals surface area contributed by atoms with Gasteiger partial charge in [-0.3, -0.25) is 4.79 Å². The highest BCUT2D eigenvalue weighted by molar-refractivity contribution is 5.95. The first-order valence-corrected chi connectivity index (χ1v) is 6.72. The number of anilines is 1. The van der Waals surface area contributed by atoms with Crippen LogP contribution in [0.2, 0.25) is 0 Å². The summed E-state index contributed by atoms with van der Waals surface area (Å²) < 4.78 is 4.99. The molecule has 2 N–H and O–H groups in total. The number of benzene rings is 1. The Balaban J connectivity index is 1.85. The van der Waals surface area contributed by atoms with E-state index in [0.29, 0.717) is 29.6 Å². The van der Waals surface area contributed by atoms with Gasteiger partial charge in [0, 0.05) is 18.3 Å². The maximum Gasteiger partial charge on any atom is 0.259 e. The number of rotatable bonds is 4. The third-order valence-corrected chi connectivity index (χ3v) is 3.63. The van der Waals surface area contributed by atoms with E-state index in [4.69, 9.17) is 10.3 Å². The van der Waals surface area contributed by atoms with E-state index in [1.54, 1.807) is 6.92 Å². The van der Waals surface area contributed by atoms with Crippen LogP contribution in [0.25, 0.3) is 0 Å². The summed E-state index contributed by atoms with van der Waals surface area (Å²) >= 11 is 0. The Hall–Kier alpha value is -2.30. The molecular formula is C15H17N3O2. The molecular weight excluding hydrogens is 254 g/mol. The maximum absolute atomic E-state index is 12.6. The molecule has 0 spiro atoms. The molecule has 1 fully saturated rings. The average molecular weight is 271 g/mol. The van der Waals surface area contributed by atoms with E-state index in [-0.39, 0.29) is 5.91 Å². The summed E-state index contributed by atoms with van der Waals surface area (Å²) in [7, 11) is 0. The number of aryl methyl sites for hydroxylation is 1. The Morgan fingerprint density at radius 3 is 2.80 bits per heavy atom. The lowest BCUT2D eigenvalue weighted by Gasteiger charge is -2.22. The normalized spacial score (nSPS) is 14.2. The van der Waals surface area contributed by atoms with E-state index in [1.165, 1.54) is 6.20 Å². The molecule has 1 amide bonds. The van der Waals surface area contributed by atoms with Crippen LogP contribution in [0.1, 0.15) is 34.5 Å². The van der Waals surface area contributed by atoms with Crippen molar-refractivity contribution in [2.24, 2.45) is 0 Å². The molecule has 0 bridgehead atoms. The summed E-state index contributed by atoms with van der Waals surface area (Å²) in [5.74, 6) is 0.524. The molecule has 0 unspecified atom stereocenters. The molecule has 0 aliphatic heterocycles. The molecule has 5 heteroatoms. The van der Waals surface area contributed by atoms with Crippen LogP contribution in [0, 0.1) is 6.92 Å². The largest absolute Gasteiger partial charge is 0.398 e. The summed E-state index contributed by atoms with van der Waals surface area (Å²) in [6.45, 7) is 2.28. The minimum atomic E-state index is -0.0329. The molecule has 20 heavy (non-hydrogen) atoms. The van der Waals surface area contributed by atoms with Crippen LogP contribution in [0.4, 0.5) is 5.69 Å². The summed E-state index contributed by atoms with van der Waals surface area (Å²) in [5.41, 5.74) is 8.19. The third kappa shape index (κ3) is 2.39. The van der Waals surface area contributed by atoms with Crippen molar-refractivity contribution >= 4 is 11.6 Å². The quantitative estimate of drug-likeness (QED) is 0.866. The van der Waals surface area contributed by atoms with Crippen LogP contribution in [0.3, 0.4) is 0 Å². The Morgan fingerprint density at radius 1 is 1.45 bits per heavy atom. The first-order chi connectivity index (χ1) is 9.66. The van der Waals surface area contributed by atoms with E-state index in [9.17, 15) is 4.79 Å². The molecule has 1 heterocycles. The number of para-hydroxylation sites is 1. The average Bonchev–Trinajstić information content (AvgIpc) is 3.19. The number of nitrogens with zero attached hydrogens (tertiary/aromatic N) is 2. The lowest BCUT2D eigenvalue weighted by Crippen LogP contribution is -2.33. The van der Waals surface area contributed by atoms with Gasteiger partial charge in [-0.25, -0.2) is 0 Å². The van der Waals surface area contributed by atoms with Gasteiger partial charge in [0.15, 0.2) is 0 Å². The second-order valence-electron chi connectivity index (χ2n) is 5.16. The van der Waals surface area contributed by atoms with Gasteiger partial charge in [-0.15, -0.1) is 0 Å². The van der Waals surface area contributed by atoms with Crippen molar-refractivity contribution in [3.8, 4) is 0 Å². The molecule has 1 aliphatic rings. The summed E-state index contributed by atoms with van der Waals surface area (Å²) in [6.07, 6.45) is 3.58. The molecule has 1 aromatic heterocycles. The zero-order valence-corrected chi connectivity index (χ0v) is 11.4. The maximum atomic E-state index is 12.6. The first-order valence-electron chi connectivity index (χ1n) is 6.72. The minimum absolute atomic E-state index is 0.0329. The van der Waals surface area contributed by atoms with E-state index >= 15 is 0 Å². The van der Waals surface area contributed by atoms with Crippen molar-refractivity contribution in [1.82, 2.24) is 10.1 Å². The van der Waals surface area contributed by atoms with Crippen molar-refractivity contribution in [3.05, 3.63) is 47.3 Å². The second-order valence-corrected chi connectivity index (χ2v) is 5.16. The van der Waals surface area contributed by atoms with E-state index < -0.39 is 0 Å². The zero-order chi connectivity index (χ0) is 14.1. The van der Waals surface area contributed by atoms with Gasteiger partial charge in [0.25, 0.3) is 5.91 Å². The SMILES string of the molecule is Cc1oncc1C(=O)N(Cc1ccccc1N)C1CC1. The predicted molar refractivity (Wildman–Crippen MR) is 75.0 cm³/mol. The molecule has 0 radical (unpaired) electrons. The minimum Gasteiger partial charge on any atom is -0.398 e. The molecule has 0 atom stereocenters. The molecule has 5 nitrogen and oxygen atoms in total. The number of hydrogen-bond acceptors (Lipinski definition) is 4. The van der Waals surface area contributed by atoms with Gasteiger partial charge in [0.05, 0.1) is 6.20 Å².